The molecule has 14 aromatic rings. The van der Waals surface area contributed by atoms with E-state index in [1.807, 2.05) is 131 Å². The fraction of sp³-hybridized carbons (Fsp3) is 0.0330. The van der Waals surface area contributed by atoms with Gasteiger partial charge in [0.25, 0.3) is 0 Å². The highest BCUT2D eigenvalue weighted by Gasteiger charge is 2.55. The van der Waals surface area contributed by atoms with E-state index in [1.165, 1.54) is 0 Å². The van der Waals surface area contributed by atoms with Crippen LogP contribution in [0, 0.1) is 58.2 Å². The third kappa shape index (κ3) is 8.52. The van der Waals surface area contributed by atoms with Crippen molar-refractivity contribution in [1.29, 1.82) is 0 Å². The number of hydrogen-bond acceptors (Lipinski definition) is 2. The van der Waals surface area contributed by atoms with E-state index in [4.69, 9.17) is 0 Å². The maximum atomic E-state index is 17.3. The molecule has 0 amide bonds. The largest absolute Gasteiger partial charge is 0.310 e. The first kappa shape index (κ1) is 62.7. The molecule has 12 heteroatoms. The van der Waals surface area contributed by atoms with E-state index in [-0.39, 0.29) is 22.3 Å². The van der Waals surface area contributed by atoms with E-state index < -0.39 is 85.5 Å². The van der Waals surface area contributed by atoms with Crippen molar-refractivity contribution in [2.75, 3.05) is 9.80 Å². The molecule has 4 aliphatic rings. The van der Waals surface area contributed by atoms with Crippen LogP contribution in [0.15, 0.2) is 292 Å². The Balaban J connectivity index is 0.864. The molecular weight excluding hydrogens is 1310 g/mol. The Morgan fingerprint density at radius 3 is 0.728 bits per heavy atom. The third-order valence-electron chi connectivity index (χ3n) is 21.5. The van der Waals surface area contributed by atoms with Gasteiger partial charge in [0.2, 0.25) is 11.6 Å². The zero-order valence-corrected chi connectivity index (χ0v) is 54.3. The molecule has 18 rings (SSSR count). The molecule has 0 aliphatic heterocycles. The van der Waals surface area contributed by atoms with Crippen LogP contribution in [-0.4, -0.2) is 0 Å². The predicted octanol–water partition coefficient (Wildman–Crippen LogP) is 24.4. The second-order valence-electron chi connectivity index (χ2n) is 26.2. The number of anilines is 6. The molecular formula is C91H52F10N2. The minimum Gasteiger partial charge on any atom is -0.310 e. The Morgan fingerprint density at radius 2 is 0.447 bits per heavy atom. The van der Waals surface area contributed by atoms with E-state index in [0.717, 1.165) is 44.5 Å². The average molecular weight is 1360 g/mol. The van der Waals surface area contributed by atoms with Crippen LogP contribution in [0.3, 0.4) is 0 Å². The van der Waals surface area contributed by atoms with Crippen LogP contribution in [0.2, 0.25) is 0 Å². The van der Waals surface area contributed by atoms with Gasteiger partial charge in [-0.05, 0) is 184 Å². The van der Waals surface area contributed by atoms with Gasteiger partial charge in [-0.1, -0.05) is 232 Å². The fourth-order valence-electron chi connectivity index (χ4n) is 17.3. The Bertz CT molecular complexity index is 5530. The summed E-state index contributed by atoms with van der Waals surface area (Å²) in [5, 5.41) is 0. The molecule has 4 aliphatic carbocycles. The molecule has 2 atom stereocenters. The number of halogens is 10. The topological polar surface area (TPSA) is 6.48 Å². The van der Waals surface area contributed by atoms with Crippen molar-refractivity contribution in [1.82, 2.24) is 0 Å². The minimum absolute atomic E-state index is 0.241. The summed E-state index contributed by atoms with van der Waals surface area (Å²) in [6.07, 6.45) is 3.19. The Kier molecular flexibility index (Phi) is 14.2. The number of rotatable bonds is 12. The molecule has 103 heavy (non-hydrogen) atoms. The number of hydrogen-bond donors (Lipinski definition) is 0. The molecule has 0 saturated heterocycles. The summed E-state index contributed by atoms with van der Waals surface area (Å²) in [5.74, 6) is -20.7. The summed E-state index contributed by atoms with van der Waals surface area (Å²) in [6, 6.07) is 86.1. The van der Waals surface area contributed by atoms with Crippen LogP contribution < -0.4 is 9.80 Å². The van der Waals surface area contributed by atoms with Gasteiger partial charge in [0.15, 0.2) is 46.5 Å². The molecule has 14 aromatic carbocycles. The first-order valence-corrected chi connectivity index (χ1v) is 33.4. The summed E-state index contributed by atoms with van der Waals surface area (Å²) in [5.41, 5.74) is 8.70. The van der Waals surface area contributed by atoms with Gasteiger partial charge in [-0.3, -0.25) is 0 Å². The van der Waals surface area contributed by atoms with Gasteiger partial charge < -0.3 is 9.80 Å². The van der Waals surface area contributed by atoms with Gasteiger partial charge in [-0.25, -0.2) is 43.9 Å². The van der Waals surface area contributed by atoms with Crippen molar-refractivity contribution in [2.45, 2.75) is 16.2 Å². The molecule has 0 aromatic heterocycles. The molecule has 2 unspecified atom stereocenters. The predicted molar refractivity (Wildman–Crippen MR) is 386 cm³/mol. The monoisotopic (exact) mass is 1360 g/mol. The minimum atomic E-state index is -2.28. The van der Waals surface area contributed by atoms with Crippen molar-refractivity contribution >= 4 is 46.3 Å². The number of para-hydroxylation sites is 2. The summed E-state index contributed by atoms with van der Waals surface area (Å²) >= 11 is 0. The molecule has 1 spiro atoms. The van der Waals surface area contributed by atoms with Crippen LogP contribution in [0.1, 0.15) is 77.9 Å². The van der Waals surface area contributed by atoms with Crippen molar-refractivity contribution in [3.63, 3.8) is 0 Å². The fourth-order valence-corrected chi connectivity index (χ4v) is 17.3. The van der Waals surface area contributed by atoms with Crippen LogP contribution in [0.25, 0.3) is 56.7 Å². The molecule has 2 nitrogen and oxygen atoms in total. The highest BCUT2D eigenvalue weighted by Crippen LogP contribution is 2.66. The average Bonchev–Trinajstić information content (AvgIpc) is 1.55. The molecule has 0 radical (unpaired) electrons. The summed E-state index contributed by atoms with van der Waals surface area (Å²) < 4.78 is 164. The SMILES string of the molecule is C=Cc1ccc(C2(c3c(F)c(F)c(F)c(F)c3F)c3ccccc3-c3ccc(N(c4ccccc4)c4ccc5c(c4)C4(c6ccccc6-5)c5ccccc5-c5ccc(N(c6ccccc6)c6ccc7c(c6)C(c6ccc(C=C)cc6)(c6c(F)c(F)c(F)c(F)c6F)c6ccccc6-7)cc54)cc32)cc1. The van der Waals surface area contributed by atoms with Crippen molar-refractivity contribution < 1.29 is 43.9 Å². The Labute approximate surface area is 586 Å². The van der Waals surface area contributed by atoms with Crippen molar-refractivity contribution in [2.24, 2.45) is 0 Å². The lowest BCUT2D eigenvalue weighted by Crippen LogP contribution is -2.33. The number of fused-ring (bicyclic) bond motifs is 16. The standard InChI is InChI=1S/C91H52F10N2/c1-3-51-31-35-53(36-32-51)89(77-79(92)83(96)87(100)84(97)80(77)93)69-27-15-11-23-61(69)65-43-39-57(47-73(65)89)102(55-19-7-5-8-20-55)59-41-45-67-63-25-13-17-29-71(63)91(75(67)49-59)72-30-18-14-26-64(72)68-46-42-60(50-76(68)91)103(56-21-9-6-10-22-56)58-40-44-66-62-24-12-16-28-70(62)90(74(66)48-58,54-37-33-52(4-2)34-38-54)78-81(94)85(98)88(101)86(99)82(78)95/h3-50H,1-2H2. The first-order chi connectivity index (χ1) is 50.2. The first-order valence-electron chi connectivity index (χ1n) is 33.4. The van der Waals surface area contributed by atoms with E-state index in [2.05, 4.69) is 61.7 Å². The van der Waals surface area contributed by atoms with Crippen LogP contribution in [-0.2, 0) is 16.2 Å². The summed E-state index contributed by atoms with van der Waals surface area (Å²) in [6.45, 7) is 7.81. The Hall–Kier alpha value is -12.5. The summed E-state index contributed by atoms with van der Waals surface area (Å²) in [7, 11) is 0. The molecule has 0 bridgehead atoms. The van der Waals surface area contributed by atoms with Crippen molar-refractivity contribution in [3.8, 4) is 44.5 Å². The van der Waals surface area contributed by atoms with E-state index in [0.29, 0.717) is 78.6 Å². The second kappa shape index (κ2) is 23.3. The highest BCUT2D eigenvalue weighted by atomic mass is 19.2. The van der Waals surface area contributed by atoms with E-state index >= 15 is 43.9 Å². The zero-order chi connectivity index (χ0) is 70.5. The van der Waals surface area contributed by atoms with Gasteiger partial charge in [-0.15, -0.1) is 0 Å². The maximum Gasteiger partial charge on any atom is 0.200 e. The van der Waals surface area contributed by atoms with Crippen LogP contribution >= 0.6 is 0 Å². The third-order valence-corrected chi connectivity index (χ3v) is 21.5. The highest BCUT2D eigenvalue weighted by molar-refractivity contribution is 5.99. The zero-order valence-electron chi connectivity index (χ0n) is 54.3. The lowest BCUT2D eigenvalue weighted by atomic mass is 9.67. The molecule has 0 heterocycles. The molecule has 496 valence electrons. The number of nitrogens with zero attached hydrogens (tertiary/aromatic N) is 2. The van der Waals surface area contributed by atoms with Crippen LogP contribution in [0.4, 0.5) is 78.0 Å². The second-order valence-corrected chi connectivity index (χ2v) is 26.2. The van der Waals surface area contributed by atoms with Gasteiger partial charge in [-0.2, -0.15) is 0 Å². The van der Waals surface area contributed by atoms with E-state index in [1.54, 1.807) is 121 Å². The van der Waals surface area contributed by atoms with E-state index in [9.17, 15) is 0 Å². The summed E-state index contributed by atoms with van der Waals surface area (Å²) in [4.78, 5) is 4.04. The number of benzene rings is 14. The normalized spacial score (nSPS) is 16.6. The lowest BCUT2D eigenvalue weighted by Gasteiger charge is -2.36. The van der Waals surface area contributed by atoms with Gasteiger partial charge in [0, 0.05) is 45.3 Å². The van der Waals surface area contributed by atoms with Gasteiger partial charge in [0.1, 0.15) is 0 Å². The van der Waals surface area contributed by atoms with Crippen LogP contribution in [0.5, 0.6) is 0 Å². The maximum absolute atomic E-state index is 17.3. The van der Waals surface area contributed by atoms with Gasteiger partial charge >= 0.3 is 0 Å². The Morgan fingerprint density at radius 1 is 0.214 bits per heavy atom. The lowest BCUT2D eigenvalue weighted by molar-refractivity contribution is 0.363. The van der Waals surface area contributed by atoms with Gasteiger partial charge in [0.05, 0.1) is 16.2 Å². The molecule has 0 fully saturated rings. The van der Waals surface area contributed by atoms with Crippen molar-refractivity contribution in [3.05, 3.63) is 428 Å². The quantitative estimate of drug-likeness (QED) is 0.0683. The smallest absolute Gasteiger partial charge is 0.200 e. The molecule has 0 saturated carbocycles. The molecule has 0 N–H and O–H groups in total.